The summed E-state index contributed by atoms with van der Waals surface area (Å²) in [5.74, 6) is -0.870. The van der Waals surface area contributed by atoms with Gasteiger partial charge in [-0.1, -0.05) is 17.3 Å². The normalized spacial score (nSPS) is 11.9. The fraction of sp³-hybridized carbons (Fsp3) is 0.0556. The van der Waals surface area contributed by atoms with E-state index in [-0.39, 0.29) is 28.2 Å². The molecule has 0 aliphatic heterocycles. The number of nitrogens with one attached hydrogen (secondary N) is 1. The molecule has 2 heterocycles. The average Bonchev–Trinajstić information content (AvgIpc) is 3.12. The van der Waals surface area contributed by atoms with Crippen molar-refractivity contribution in [3.8, 4) is 22.8 Å². The molecule has 0 fully saturated rings. The number of hydrogen-bond donors (Lipinski definition) is 1. The molecule has 0 spiro atoms. The molecule has 0 amide bonds. The Morgan fingerprint density at radius 2 is 1.89 bits per heavy atom. The highest BCUT2D eigenvalue weighted by Crippen LogP contribution is 2.31. The molecule has 0 saturated carbocycles. The first-order chi connectivity index (χ1) is 12.8. The van der Waals surface area contributed by atoms with Gasteiger partial charge in [0, 0.05) is 22.7 Å². The van der Waals surface area contributed by atoms with Gasteiger partial charge in [-0.3, -0.25) is 4.79 Å². The summed E-state index contributed by atoms with van der Waals surface area (Å²) in [6, 6.07) is 8.11. The summed E-state index contributed by atoms with van der Waals surface area (Å²) >= 11 is 0. The van der Waals surface area contributed by atoms with Gasteiger partial charge in [-0.15, -0.1) is 0 Å². The maximum absolute atomic E-state index is 13.4. The van der Waals surface area contributed by atoms with Crippen LogP contribution in [0.1, 0.15) is 5.56 Å². The number of pyridine rings is 1. The summed E-state index contributed by atoms with van der Waals surface area (Å²) in [4.78, 5) is 19.4. The predicted molar refractivity (Wildman–Crippen MR) is 88.3 cm³/mol. The Bertz CT molecular complexity index is 1210. The molecule has 4 rings (SSSR count). The highest BCUT2D eigenvalue weighted by atomic mass is 19.4. The minimum Gasteiger partial charge on any atom is -0.360 e. The molecule has 0 atom stereocenters. The van der Waals surface area contributed by atoms with E-state index in [4.69, 9.17) is 4.52 Å². The highest BCUT2D eigenvalue weighted by Gasteiger charge is 2.30. The maximum Gasteiger partial charge on any atom is 0.416 e. The molecule has 0 aliphatic carbocycles. The lowest BCUT2D eigenvalue weighted by molar-refractivity contribution is -0.137. The van der Waals surface area contributed by atoms with Crippen molar-refractivity contribution in [3.05, 3.63) is 70.3 Å². The van der Waals surface area contributed by atoms with Crippen molar-refractivity contribution in [1.82, 2.24) is 15.1 Å². The number of H-pyrrole nitrogens is 1. The molecule has 0 saturated heterocycles. The van der Waals surface area contributed by atoms with Gasteiger partial charge < -0.3 is 9.51 Å². The number of benzene rings is 2. The molecule has 9 heteroatoms. The summed E-state index contributed by atoms with van der Waals surface area (Å²) in [7, 11) is 0. The average molecular weight is 375 g/mol. The van der Waals surface area contributed by atoms with Crippen molar-refractivity contribution in [1.29, 1.82) is 0 Å². The molecule has 27 heavy (non-hydrogen) atoms. The molecule has 136 valence electrons. The first kappa shape index (κ1) is 17.0. The van der Waals surface area contributed by atoms with Crippen molar-refractivity contribution >= 4 is 10.9 Å². The van der Waals surface area contributed by atoms with Gasteiger partial charge in [-0.2, -0.15) is 18.2 Å². The molecule has 0 aliphatic rings. The lowest BCUT2D eigenvalue weighted by atomic mass is 10.1. The first-order valence-corrected chi connectivity index (χ1v) is 7.65. The zero-order chi connectivity index (χ0) is 19.2. The van der Waals surface area contributed by atoms with Crippen molar-refractivity contribution in [3.63, 3.8) is 0 Å². The SMILES string of the molecule is O=c1c(-c2nc(-c3cccc(C(F)(F)F)c3)no2)c[nH]c2ccc(F)cc12. The maximum atomic E-state index is 13.4. The van der Waals surface area contributed by atoms with Gasteiger partial charge in [-0.05, 0) is 30.3 Å². The van der Waals surface area contributed by atoms with E-state index in [0.717, 1.165) is 18.2 Å². The Morgan fingerprint density at radius 1 is 1.07 bits per heavy atom. The van der Waals surface area contributed by atoms with Crippen molar-refractivity contribution in [2.75, 3.05) is 0 Å². The van der Waals surface area contributed by atoms with Gasteiger partial charge in [0.25, 0.3) is 5.89 Å². The second-order valence-electron chi connectivity index (χ2n) is 5.72. The molecule has 2 aromatic heterocycles. The molecular formula is C18H9F4N3O2. The summed E-state index contributed by atoms with van der Waals surface area (Å²) in [5, 5.41) is 3.73. The number of rotatable bonds is 2. The van der Waals surface area contributed by atoms with Crippen molar-refractivity contribution < 1.29 is 22.1 Å². The van der Waals surface area contributed by atoms with Crippen LogP contribution in [0.4, 0.5) is 17.6 Å². The molecule has 0 radical (unpaired) electrons. The zero-order valence-corrected chi connectivity index (χ0v) is 13.3. The molecule has 0 bridgehead atoms. The smallest absolute Gasteiger partial charge is 0.360 e. The van der Waals surface area contributed by atoms with Gasteiger partial charge in [0.2, 0.25) is 11.3 Å². The fourth-order valence-electron chi connectivity index (χ4n) is 2.63. The van der Waals surface area contributed by atoms with E-state index in [1.807, 2.05) is 0 Å². The Hall–Kier alpha value is -3.49. The van der Waals surface area contributed by atoms with E-state index in [1.54, 1.807) is 0 Å². The van der Waals surface area contributed by atoms with Gasteiger partial charge in [0.05, 0.1) is 5.56 Å². The van der Waals surface area contributed by atoms with Crippen molar-refractivity contribution in [2.24, 2.45) is 0 Å². The molecule has 1 N–H and O–H groups in total. The minimum atomic E-state index is -4.51. The summed E-state index contributed by atoms with van der Waals surface area (Å²) in [6.45, 7) is 0. The number of aromatic nitrogens is 3. The minimum absolute atomic E-state index is 0.0150. The number of alkyl halides is 3. The molecule has 5 nitrogen and oxygen atoms in total. The summed E-state index contributed by atoms with van der Waals surface area (Å²) < 4.78 is 57.0. The Labute approximate surface area is 148 Å². The Kier molecular flexibility index (Phi) is 3.79. The number of fused-ring (bicyclic) bond motifs is 1. The standard InChI is InChI=1S/C18H9F4N3O2/c19-11-4-5-14-12(7-11)15(26)13(8-23-14)17-24-16(25-27-17)9-2-1-3-10(6-9)18(20,21)22/h1-8H,(H,23,26). The van der Waals surface area contributed by atoms with Crippen LogP contribution in [0, 0.1) is 5.82 Å². The monoisotopic (exact) mass is 375 g/mol. The fourth-order valence-corrected chi connectivity index (χ4v) is 2.63. The number of nitrogens with zero attached hydrogens (tertiary/aromatic N) is 2. The van der Waals surface area contributed by atoms with E-state index in [9.17, 15) is 22.4 Å². The topological polar surface area (TPSA) is 71.8 Å². The summed E-state index contributed by atoms with van der Waals surface area (Å²) in [6.07, 6.45) is -3.19. The lowest BCUT2D eigenvalue weighted by Gasteiger charge is -2.06. The second kappa shape index (κ2) is 6.04. The van der Waals surface area contributed by atoms with E-state index in [0.29, 0.717) is 5.52 Å². The van der Waals surface area contributed by atoms with Crippen LogP contribution in [-0.2, 0) is 6.18 Å². The molecule has 4 aromatic rings. The van der Waals surface area contributed by atoms with E-state index in [2.05, 4.69) is 15.1 Å². The zero-order valence-electron chi connectivity index (χ0n) is 13.3. The summed E-state index contributed by atoms with van der Waals surface area (Å²) in [5.41, 5.74) is -0.905. The van der Waals surface area contributed by atoms with E-state index < -0.39 is 23.0 Å². The molecule has 2 aromatic carbocycles. The van der Waals surface area contributed by atoms with Crippen LogP contribution in [-0.4, -0.2) is 15.1 Å². The number of halogens is 4. The van der Waals surface area contributed by atoms with Gasteiger partial charge >= 0.3 is 6.18 Å². The van der Waals surface area contributed by atoms with Gasteiger partial charge in [0.1, 0.15) is 11.4 Å². The molecule has 0 unspecified atom stereocenters. The Morgan fingerprint density at radius 3 is 2.67 bits per heavy atom. The third-order valence-corrected chi connectivity index (χ3v) is 3.95. The van der Waals surface area contributed by atoms with Crippen LogP contribution in [0.25, 0.3) is 33.7 Å². The highest BCUT2D eigenvalue weighted by molar-refractivity contribution is 5.82. The third kappa shape index (κ3) is 3.07. The molecular weight excluding hydrogens is 366 g/mol. The van der Waals surface area contributed by atoms with Crippen LogP contribution in [0.5, 0.6) is 0 Å². The first-order valence-electron chi connectivity index (χ1n) is 7.65. The lowest BCUT2D eigenvalue weighted by Crippen LogP contribution is -2.07. The predicted octanol–water partition coefficient (Wildman–Crippen LogP) is 4.40. The number of hydrogen-bond acceptors (Lipinski definition) is 4. The van der Waals surface area contributed by atoms with Gasteiger partial charge in [0.15, 0.2) is 0 Å². The van der Waals surface area contributed by atoms with Crippen molar-refractivity contribution in [2.45, 2.75) is 6.18 Å². The van der Waals surface area contributed by atoms with Crippen LogP contribution in [0.15, 0.2) is 58.0 Å². The largest absolute Gasteiger partial charge is 0.416 e. The van der Waals surface area contributed by atoms with Crippen LogP contribution < -0.4 is 5.43 Å². The quantitative estimate of drug-likeness (QED) is 0.527. The number of aromatic amines is 1. The van der Waals surface area contributed by atoms with Crippen LogP contribution >= 0.6 is 0 Å². The van der Waals surface area contributed by atoms with Gasteiger partial charge in [-0.25, -0.2) is 4.39 Å². The van der Waals surface area contributed by atoms with Crippen LogP contribution in [0.3, 0.4) is 0 Å². The van der Waals surface area contributed by atoms with Crippen LogP contribution in [0.2, 0.25) is 0 Å². The third-order valence-electron chi connectivity index (χ3n) is 3.95. The van der Waals surface area contributed by atoms with E-state index >= 15 is 0 Å². The Balaban J connectivity index is 1.79. The van der Waals surface area contributed by atoms with E-state index in [1.165, 1.54) is 30.5 Å². The second-order valence-corrected chi connectivity index (χ2v) is 5.72.